The van der Waals surface area contributed by atoms with Crippen molar-refractivity contribution in [2.24, 2.45) is 5.92 Å². The fraction of sp³-hybridized carbons (Fsp3) is 0.341. The van der Waals surface area contributed by atoms with Crippen molar-refractivity contribution in [3.05, 3.63) is 102 Å². The van der Waals surface area contributed by atoms with Gasteiger partial charge in [-0.1, -0.05) is 0 Å². The van der Waals surface area contributed by atoms with Gasteiger partial charge >= 0.3 is 0 Å². The lowest BCUT2D eigenvalue weighted by molar-refractivity contribution is -0.136. The van der Waals surface area contributed by atoms with E-state index in [1.54, 1.807) is 53.9 Å². The van der Waals surface area contributed by atoms with Crippen molar-refractivity contribution in [3.8, 4) is 22.7 Å². The second kappa shape index (κ2) is 15.1. The number of halogens is 1. The molecular weight excluding hydrogens is 746 g/mol. The zero-order valence-electron chi connectivity index (χ0n) is 31.8. The van der Waals surface area contributed by atoms with Crippen molar-refractivity contribution in [1.82, 2.24) is 44.7 Å². The highest BCUT2D eigenvalue weighted by molar-refractivity contribution is 6.23. The molecule has 16 nitrogen and oxygen atoms in total. The molecule has 2 aromatic carbocycles. The van der Waals surface area contributed by atoms with E-state index in [1.807, 2.05) is 19.1 Å². The SMILES string of the molecule is C[C@@H](Oc1cc(-c2nc[nH]c2CN2CCN(CC3CN(c4ccc5c(c4)C(=O)N(C4CCC(=O)NC4=O)C5=O)C3)CC2)cnc1N)c1cc(F)ccc1-n1cccn1. The van der Waals surface area contributed by atoms with Crippen LogP contribution in [0.15, 0.2) is 73.4 Å². The topological polar surface area (TPSA) is 188 Å². The highest BCUT2D eigenvalue weighted by atomic mass is 19.1. The quantitative estimate of drug-likeness (QED) is 0.166. The molecule has 4 aliphatic rings. The van der Waals surface area contributed by atoms with Gasteiger partial charge in [-0.05, 0) is 61.9 Å². The van der Waals surface area contributed by atoms with E-state index in [9.17, 15) is 23.6 Å². The maximum absolute atomic E-state index is 14.4. The molecule has 0 saturated carbocycles. The standard InChI is InChI=1S/C41H42FN11O5/c1-24(30-16-27(42)3-6-33(30)52-10-2-9-47-52)58-35-15-26(18-44-38(35)43)37-32(45-23-46-37)22-50-13-11-49(12-14-50)19-25-20-51(21-25)28-4-5-29-31(17-28)41(57)53(40(29)56)34-7-8-36(54)48-39(34)55/h2-6,9-10,15-18,23-25,34H,7-8,11-14,19-22H2,1H3,(H2,43,44)(H,45,46)(H,48,54,55)/t24-,34?/m1/s1. The molecule has 5 aromatic rings. The maximum atomic E-state index is 14.4. The maximum Gasteiger partial charge on any atom is 0.262 e. The van der Waals surface area contributed by atoms with Crippen molar-refractivity contribution in [1.29, 1.82) is 0 Å². The summed E-state index contributed by atoms with van der Waals surface area (Å²) in [5.74, 6) is -1.34. The molecule has 3 aromatic heterocycles. The number of fused-ring (bicyclic) bond motifs is 1. The fourth-order valence-electron chi connectivity index (χ4n) is 8.36. The van der Waals surface area contributed by atoms with Crippen LogP contribution in [0, 0.1) is 11.7 Å². The van der Waals surface area contributed by atoms with Gasteiger partial charge in [-0.3, -0.25) is 34.3 Å². The number of carbonyl (C=O) groups excluding carboxylic acids is 4. The molecule has 3 saturated heterocycles. The first-order valence-corrected chi connectivity index (χ1v) is 19.4. The van der Waals surface area contributed by atoms with Crippen LogP contribution in [0.2, 0.25) is 0 Å². The Morgan fingerprint density at radius 3 is 2.53 bits per heavy atom. The highest BCUT2D eigenvalue weighted by Crippen LogP contribution is 2.35. The van der Waals surface area contributed by atoms with Crippen molar-refractivity contribution < 1.29 is 28.3 Å². The van der Waals surface area contributed by atoms with Gasteiger partial charge in [0.25, 0.3) is 11.8 Å². The van der Waals surface area contributed by atoms with Gasteiger partial charge in [0.2, 0.25) is 11.8 Å². The molecule has 0 spiro atoms. The number of aromatic nitrogens is 5. The zero-order valence-corrected chi connectivity index (χ0v) is 31.8. The molecule has 1 unspecified atom stereocenters. The van der Waals surface area contributed by atoms with Gasteiger partial charge in [0, 0.05) is 100 Å². The van der Waals surface area contributed by atoms with Gasteiger partial charge in [-0.25, -0.2) is 19.0 Å². The Morgan fingerprint density at radius 1 is 0.966 bits per heavy atom. The summed E-state index contributed by atoms with van der Waals surface area (Å²) in [5, 5.41) is 6.54. The Hall–Kier alpha value is -6.46. The fourth-order valence-corrected chi connectivity index (χ4v) is 8.36. The van der Waals surface area contributed by atoms with Crippen LogP contribution in [0.1, 0.15) is 57.8 Å². The van der Waals surface area contributed by atoms with E-state index in [0.29, 0.717) is 35.0 Å². The van der Waals surface area contributed by atoms with Crippen molar-refractivity contribution in [2.75, 3.05) is 56.4 Å². The summed E-state index contributed by atoms with van der Waals surface area (Å²) in [6.07, 6.45) is 6.45. The number of piperidine rings is 1. The summed E-state index contributed by atoms with van der Waals surface area (Å²) in [6.45, 7) is 8.76. The van der Waals surface area contributed by atoms with E-state index >= 15 is 0 Å². The van der Waals surface area contributed by atoms with Gasteiger partial charge in [0.15, 0.2) is 11.6 Å². The van der Waals surface area contributed by atoms with Crippen LogP contribution in [-0.2, 0) is 16.1 Å². The van der Waals surface area contributed by atoms with Crippen LogP contribution in [-0.4, -0.2) is 115 Å². The normalized spacial score (nSPS) is 19.7. The Kier molecular flexibility index (Phi) is 9.69. The second-order valence-corrected chi connectivity index (χ2v) is 15.3. The van der Waals surface area contributed by atoms with Crippen LogP contribution >= 0.6 is 0 Å². The number of nitrogens with two attached hydrogens (primary N) is 1. The third-order valence-corrected chi connectivity index (χ3v) is 11.5. The number of nitrogen functional groups attached to an aromatic ring is 1. The first kappa shape index (κ1) is 37.1. The van der Waals surface area contributed by atoms with Crippen LogP contribution in [0.3, 0.4) is 0 Å². The van der Waals surface area contributed by atoms with Gasteiger partial charge in [0.1, 0.15) is 18.0 Å². The van der Waals surface area contributed by atoms with Gasteiger partial charge in [-0.2, -0.15) is 5.10 Å². The molecule has 4 N–H and O–H groups in total. The summed E-state index contributed by atoms with van der Waals surface area (Å²) in [6, 6.07) is 12.4. The zero-order chi connectivity index (χ0) is 40.1. The Balaban J connectivity index is 0.776. The van der Waals surface area contributed by atoms with E-state index < -0.39 is 35.8 Å². The number of H-pyrrole nitrogens is 1. The number of hydrogen-bond donors (Lipinski definition) is 3. The molecule has 58 heavy (non-hydrogen) atoms. The number of benzene rings is 2. The molecule has 0 bridgehead atoms. The first-order chi connectivity index (χ1) is 28.1. The number of rotatable bonds is 11. The van der Waals surface area contributed by atoms with Crippen molar-refractivity contribution in [3.63, 3.8) is 0 Å². The summed E-state index contributed by atoms with van der Waals surface area (Å²) >= 11 is 0. The average molecular weight is 788 g/mol. The molecule has 4 aliphatic heterocycles. The van der Waals surface area contributed by atoms with Crippen LogP contribution in [0.5, 0.6) is 5.75 Å². The van der Waals surface area contributed by atoms with Crippen LogP contribution in [0.25, 0.3) is 16.9 Å². The third kappa shape index (κ3) is 7.06. The van der Waals surface area contributed by atoms with E-state index in [4.69, 9.17) is 10.5 Å². The minimum atomic E-state index is -0.980. The predicted octanol–water partition coefficient (Wildman–Crippen LogP) is 3.17. The Bertz CT molecular complexity index is 2400. The van der Waals surface area contributed by atoms with Gasteiger partial charge < -0.3 is 25.3 Å². The lowest BCUT2D eigenvalue weighted by Crippen LogP contribution is -2.54. The number of imidazole rings is 1. The Morgan fingerprint density at radius 2 is 1.76 bits per heavy atom. The number of amides is 4. The number of nitrogens with zero attached hydrogens (tertiary/aromatic N) is 8. The summed E-state index contributed by atoms with van der Waals surface area (Å²) in [4.78, 5) is 70.9. The molecule has 0 aliphatic carbocycles. The predicted molar refractivity (Wildman–Crippen MR) is 209 cm³/mol. The van der Waals surface area contributed by atoms with E-state index in [2.05, 4.69) is 40.1 Å². The summed E-state index contributed by atoms with van der Waals surface area (Å²) in [5.41, 5.74) is 11.5. The van der Waals surface area contributed by atoms with E-state index in [0.717, 1.165) is 73.4 Å². The lowest BCUT2D eigenvalue weighted by atomic mass is 9.97. The molecule has 9 rings (SSSR count). The van der Waals surface area contributed by atoms with Crippen molar-refractivity contribution >= 4 is 35.1 Å². The molecule has 3 fully saturated rings. The lowest BCUT2D eigenvalue weighted by Gasteiger charge is -2.45. The minimum absolute atomic E-state index is 0.0849. The molecular formula is C41H42FN11O5. The molecule has 17 heteroatoms. The highest BCUT2D eigenvalue weighted by Gasteiger charge is 2.45. The van der Waals surface area contributed by atoms with E-state index in [-0.39, 0.29) is 30.0 Å². The summed E-state index contributed by atoms with van der Waals surface area (Å²) < 4.78 is 22.3. The number of pyridine rings is 1. The number of carbonyl (C=O) groups is 4. The monoisotopic (exact) mass is 787 g/mol. The molecule has 7 heterocycles. The first-order valence-electron chi connectivity index (χ1n) is 19.4. The van der Waals surface area contributed by atoms with Gasteiger partial charge in [-0.15, -0.1) is 0 Å². The van der Waals surface area contributed by atoms with Gasteiger partial charge in [0.05, 0.1) is 34.5 Å². The smallest absolute Gasteiger partial charge is 0.262 e. The number of nitrogens with one attached hydrogen (secondary N) is 2. The number of ether oxygens (including phenoxy) is 1. The summed E-state index contributed by atoms with van der Waals surface area (Å²) in [7, 11) is 0. The average Bonchev–Trinajstić information content (AvgIpc) is 3.96. The number of aromatic amines is 1. The minimum Gasteiger partial charge on any atom is -0.482 e. The molecule has 2 atom stereocenters. The van der Waals surface area contributed by atoms with Crippen LogP contribution in [0.4, 0.5) is 15.9 Å². The molecule has 298 valence electrons. The Labute approximate surface area is 332 Å². The second-order valence-electron chi connectivity index (χ2n) is 15.3. The van der Waals surface area contributed by atoms with E-state index in [1.165, 1.54) is 12.1 Å². The molecule has 0 radical (unpaired) electrons. The number of imide groups is 2. The third-order valence-electron chi connectivity index (χ3n) is 11.5. The number of hydrogen-bond acceptors (Lipinski definition) is 12. The number of piperazine rings is 1. The largest absolute Gasteiger partial charge is 0.482 e. The van der Waals surface area contributed by atoms with Crippen LogP contribution < -0.4 is 20.7 Å². The molecule has 4 amide bonds. The van der Waals surface area contributed by atoms with Crippen molar-refractivity contribution in [2.45, 2.75) is 38.5 Å². The number of anilines is 2.